The molecule has 1 N–H and O–H groups in total. The highest BCUT2D eigenvalue weighted by Gasteiger charge is 2.63. The van der Waals surface area contributed by atoms with E-state index in [4.69, 9.17) is 9.47 Å². The van der Waals surface area contributed by atoms with Crippen molar-refractivity contribution in [1.82, 2.24) is 0 Å². The Balaban J connectivity index is 1.31. The van der Waals surface area contributed by atoms with Gasteiger partial charge >= 0.3 is 11.9 Å². The van der Waals surface area contributed by atoms with E-state index in [0.29, 0.717) is 41.7 Å². The molecule has 2 unspecified atom stereocenters. The molecular formula is C33H37I3O7S. The highest BCUT2D eigenvalue weighted by molar-refractivity contribution is 14.1. The average molecular weight is 958 g/mol. The molecule has 5 aliphatic carbocycles. The van der Waals surface area contributed by atoms with E-state index in [1.807, 2.05) is 26.0 Å². The van der Waals surface area contributed by atoms with E-state index in [1.54, 1.807) is 12.1 Å². The quantitative estimate of drug-likeness (QED) is 0.0972. The number of rotatable bonds is 7. The van der Waals surface area contributed by atoms with Crippen LogP contribution in [-0.2, 0) is 19.6 Å². The van der Waals surface area contributed by atoms with Crippen LogP contribution in [0.2, 0.25) is 0 Å². The minimum Gasteiger partial charge on any atom is -0.455 e. The van der Waals surface area contributed by atoms with Crippen LogP contribution in [0.15, 0.2) is 29.2 Å². The maximum absolute atomic E-state index is 14.2. The van der Waals surface area contributed by atoms with Gasteiger partial charge in [-0.05, 0) is 172 Å². The van der Waals surface area contributed by atoms with Gasteiger partial charge in [0.1, 0.15) is 16.2 Å². The number of hydrogen-bond donors (Lipinski definition) is 1. The first kappa shape index (κ1) is 33.4. The van der Waals surface area contributed by atoms with E-state index >= 15 is 0 Å². The van der Waals surface area contributed by atoms with Crippen LogP contribution in [0.25, 0.3) is 0 Å². The monoisotopic (exact) mass is 958 g/mol. The van der Waals surface area contributed by atoms with Crippen molar-refractivity contribution in [3.05, 3.63) is 51.7 Å². The van der Waals surface area contributed by atoms with Crippen LogP contribution >= 0.6 is 67.8 Å². The second-order valence-electron chi connectivity index (χ2n) is 13.8. The zero-order chi connectivity index (χ0) is 31.6. The van der Waals surface area contributed by atoms with Crippen LogP contribution in [0.5, 0.6) is 5.75 Å². The summed E-state index contributed by atoms with van der Waals surface area (Å²) in [5, 5.41) is 0. The second-order valence-corrected chi connectivity index (χ2v) is 18.7. The lowest BCUT2D eigenvalue weighted by molar-refractivity contribution is -0.189. The van der Waals surface area contributed by atoms with Crippen molar-refractivity contribution in [2.24, 2.45) is 17.3 Å². The lowest BCUT2D eigenvalue weighted by Gasteiger charge is -2.59. The van der Waals surface area contributed by atoms with Crippen molar-refractivity contribution < 1.29 is 32.0 Å². The standard InChI is InChI=1S/C33H37I3O7S/c1-18(2)24-11-23(12-25(29(24)44(39,40)41)21-6-4-3-5-7-21)42-31(38)32-13-19-8-20(14-32)16-33(15-19,17-32)43-30(37)26-9-22(34)10-27(35)28(26)36/h9-12,18-21H,3-8,13-17H2,1-2H3,(H,39,40,41). The summed E-state index contributed by atoms with van der Waals surface area (Å²) in [5.74, 6) is -0.00937. The fourth-order valence-corrected chi connectivity index (χ4v) is 12.3. The molecular weight excluding hydrogens is 921 g/mol. The highest BCUT2D eigenvalue weighted by Crippen LogP contribution is 2.63. The number of halogens is 3. The summed E-state index contributed by atoms with van der Waals surface area (Å²) >= 11 is 6.65. The number of carbonyl (C=O) groups is 2. The number of carbonyl (C=O) groups excluding carboxylic acids is 2. The predicted octanol–water partition coefficient (Wildman–Crippen LogP) is 9.02. The summed E-state index contributed by atoms with van der Waals surface area (Å²) in [5.41, 5.74) is 0.114. The minimum atomic E-state index is -4.48. The van der Waals surface area contributed by atoms with Gasteiger partial charge in [0.25, 0.3) is 10.1 Å². The molecule has 7 nitrogen and oxygen atoms in total. The van der Waals surface area contributed by atoms with E-state index in [0.717, 1.165) is 62.1 Å². The Morgan fingerprint density at radius 3 is 2.23 bits per heavy atom. The molecule has 0 heterocycles. The lowest BCUT2D eigenvalue weighted by atomic mass is 9.48. The zero-order valence-electron chi connectivity index (χ0n) is 24.8. The number of benzene rings is 2. The van der Waals surface area contributed by atoms with Crippen molar-refractivity contribution in [1.29, 1.82) is 0 Å². The third-order valence-corrected chi connectivity index (χ3v) is 14.9. The molecule has 0 amide bonds. The first-order valence-electron chi connectivity index (χ1n) is 15.4. The van der Waals surface area contributed by atoms with Crippen molar-refractivity contribution in [2.75, 3.05) is 0 Å². The number of hydrogen-bond acceptors (Lipinski definition) is 6. The molecule has 0 saturated heterocycles. The fraction of sp³-hybridized carbons (Fsp3) is 0.576. The topological polar surface area (TPSA) is 107 Å². The molecule has 11 heteroatoms. The van der Waals surface area contributed by atoms with Crippen LogP contribution in [-0.4, -0.2) is 30.5 Å². The van der Waals surface area contributed by atoms with Crippen molar-refractivity contribution in [2.45, 2.75) is 107 Å². The van der Waals surface area contributed by atoms with Crippen molar-refractivity contribution >= 4 is 89.8 Å². The molecule has 0 aromatic heterocycles. The van der Waals surface area contributed by atoms with Crippen LogP contribution in [0, 0.1) is 28.0 Å². The predicted molar refractivity (Wildman–Crippen MR) is 192 cm³/mol. The number of esters is 2. The molecule has 7 rings (SSSR count). The van der Waals surface area contributed by atoms with Gasteiger partial charge in [-0.25, -0.2) is 4.79 Å². The molecule has 2 atom stereocenters. The molecule has 2 aromatic rings. The molecule has 5 fully saturated rings. The third kappa shape index (κ3) is 6.47. The second kappa shape index (κ2) is 12.5. The first-order chi connectivity index (χ1) is 20.7. The Morgan fingerprint density at radius 1 is 0.955 bits per heavy atom. The smallest absolute Gasteiger partial charge is 0.339 e. The van der Waals surface area contributed by atoms with E-state index in [2.05, 4.69) is 67.8 Å². The van der Waals surface area contributed by atoms with E-state index in [1.165, 1.54) is 0 Å². The lowest BCUT2D eigenvalue weighted by Crippen LogP contribution is -2.60. The van der Waals surface area contributed by atoms with Crippen LogP contribution < -0.4 is 4.74 Å². The minimum absolute atomic E-state index is 0.0223. The van der Waals surface area contributed by atoms with E-state index in [9.17, 15) is 22.6 Å². The highest BCUT2D eigenvalue weighted by atomic mass is 127. The molecule has 2 aromatic carbocycles. The van der Waals surface area contributed by atoms with Crippen molar-refractivity contribution in [3.8, 4) is 5.75 Å². The molecule has 44 heavy (non-hydrogen) atoms. The van der Waals surface area contributed by atoms with Gasteiger partial charge in [0.15, 0.2) is 0 Å². The van der Waals surface area contributed by atoms with Gasteiger partial charge in [-0.15, -0.1) is 0 Å². The molecule has 4 bridgehead atoms. The summed E-state index contributed by atoms with van der Waals surface area (Å²) in [7, 11) is -4.48. The van der Waals surface area contributed by atoms with Crippen LogP contribution in [0.4, 0.5) is 0 Å². The van der Waals surface area contributed by atoms with E-state index in [-0.39, 0.29) is 40.5 Å². The van der Waals surface area contributed by atoms with Gasteiger partial charge in [0, 0.05) is 17.1 Å². The van der Waals surface area contributed by atoms with Crippen LogP contribution in [0.1, 0.15) is 118 Å². The summed E-state index contributed by atoms with van der Waals surface area (Å²) in [6.45, 7) is 3.76. The molecule has 0 aliphatic heterocycles. The van der Waals surface area contributed by atoms with Gasteiger partial charge in [0.05, 0.1) is 11.0 Å². The van der Waals surface area contributed by atoms with Gasteiger partial charge in [-0.2, -0.15) is 8.42 Å². The van der Waals surface area contributed by atoms with E-state index < -0.39 is 21.1 Å². The maximum atomic E-state index is 14.2. The SMILES string of the molecule is CC(C)c1cc(OC(=O)C23CC4CC(CC(OC(=O)c5cc(I)cc(I)c5I)(C4)C2)C3)cc(C2CCCCC2)c1S(=O)(=O)O. The van der Waals surface area contributed by atoms with Crippen LogP contribution in [0.3, 0.4) is 0 Å². The average Bonchev–Trinajstić information content (AvgIpc) is 2.93. The summed E-state index contributed by atoms with van der Waals surface area (Å²) in [6, 6.07) is 7.20. The number of ether oxygens (including phenoxy) is 2. The normalized spacial score (nSPS) is 28.3. The molecule has 5 aliphatic rings. The third-order valence-electron chi connectivity index (χ3n) is 10.2. The Hall–Kier alpha value is -0.520. The Labute approximate surface area is 300 Å². The summed E-state index contributed by atoms with van der Waals surface area (Å²) < 4.78 is 51.1. The molecule has 0 spiro atoms. The Kier molecular flexibility index (Phi) is 9.48. The zero-order valence-corrected chi connectivity index (χ0v) is 32.1. The maximum Gasteiger partial charge on any atom is 0.339 e. The molecule has 5 saturated carbocycles. The van der Waals surface area contributed by atoms with Gasteiger partial charge < -0.3 is 9.47 Å². The van der Waals surface area contributed by atoms with Gasteiger partial charge in [0.2, 0.25) is 0 Å². The van der Waals surface area contributed by atoms with Crippen molar-refractivity contribution in [3.63, 3.8) is 0 Å². The van der Waals surface area contributed by atoms with Gasteiger partial charge in [-0.3, -0.25) is 9.35 Å². The van der Waals surface area contributed by atoms with Gasteiger partial charge in [-0.1, -0.05) is 33.1 Å². The molecule has 0 radical (unpaired) electrons. The first-order valence-corrected chi connectivity index (χ1v) is 20.1. The Morgan fingerprint density at radius 2 is 1.61 bits per heavy atom. The summed E-state index contributed by atoms with van der Waals surface area (Å²) in [6.07, 6.45) is 9.13. The summed E-state index contributed by atoms with van der Waals surface area (Å²) in [4.78, 5) is 27.8. The largest absolute Gasteiger partial charge is 0.455 e. The Bertz CT molecular complexity index is 1600. The fourth-order valence-electron chi connectivity index (χ4n) is 8.86. The molecule has 238 valence electrons.